The Labute approximate surface area is 81.4 Å². The van der Waals surface area contributed by atoms with Gasteiger partial charge in [-0.1, -0.05) is 36.0 Å². The molecule has 0 aliphatic heterocycles. The smallest absolute Gasteiger partial charge is 0.223 e. The van der Waals surface area contributed by atoms with Crippen LogP contribution < -0.4 is 0 Å². The van der Waals surface area contributed by atoms with E-state index in [0.29, 0.717) is 22.3 Å². The third kappa shape index (κ3) is 2.06. The number of hydrogen-bond donors (Lipinski definition) is 0. The molecule has 0 bridgehead atoms. The molecule has 0 N–H and O–H groups in total. The number of hydrogen-bond acceptors (Lipinski definition) is 3. The monoisotopic (exact) mass is 196 g/mol. The van der Waals surface area contributed by atoms with Crippen molar-refractivity contribution in [3.8, 4) is 0 Å². The van der Waals surface area contributed by atoms with Crippen LogP contribution in [0.5, 0.6) is 0 Å². The average molecular weight is 197 g/mol. The van der Waals surface area contributed by atoms with Crippen LogP contribution in [0.15, 0.2) is 34.9 Å². The van der Waals surface area contributed by atoms with Crippen LogP contribution in [0.25, 0.3) is 5.57 Å². The lowest BCUT2D eigenvalue weighted by molar-refractivity contribution is 0.391. The van der Waals surface area contributed by atoms with Crippen LogP contribution in [0.3, 0.4) is 0 Å². The van der Waals surface area contributed by atoms with E-state index in [1.807, 2.05) is 0 Å². The summed E-state index contributed by atoms with van der Waals surface area (Å²) >= 11 is 5.84. The molecule has 1 aromatic heterocycles. The zero-order valence-electron chi connectivity index (χ0n) is 7.25. The Morgan fingerprint density at radius 2 is 2.15 bits per heavy atom. The van der Waals surface area contributed by atoms with E-state index in [1.165, 1.54) is 6.08 Å². The van der Waals surface area contributed by atoms with Crippen LogP contribution >= 0.6 is 11.6 Å². The molecule has 13 heavy (non-hydrogen) atoms. The van der Waals surface area contributed by atoms with Crippen LogP contribution in [-0.4, -0.2) is 10.1 Å². The lowest BCUT2D eigenvalue weighted by atomic mass is 10.2. The molecule has 0 unspecified atom stereocenters. The topological polar surface area (TPSA) is 38.9 Å². The molecular weight excluding hydrogens is 188 g/mol. The molecule has 0 fully saturated rings. The summed E-state index contributed by atoms with van der Waals surface area (Å²) in [7, 11) is 0. The van der Waals surface area contributed by atoms with Crippen molar-refractivity contribution in [2.45, 2.75) is 6.92 Å². The quantitative estimate of drug-likeness (QED) is 0.698. The summed E-state index contributed by atoms with van der Waals surface area (Å²) in [6.45, 7) is 8.85. The summed E-state index contributed by atoms with van der Waals surface area (Å²) < 4.78 is 4.81. The first-order chi connectivity index (χ1) is 6.19. The predicted molar refractivity (Wildman–Crippen MR) is 52.2 cm³/mol. The van der Waals surface area contributed by atoms with Crippen molar-refractivity contribution in [1.82, 2.24) is 10.1 Å². The molecule has 0 aliphatic rings. The SMILES string of the molecule is C=CC(Cl)=C(C=C)c1noc(C)n1. The fourth-order valence-corrected chi connectivity index (χ4v) is 0.976. The van der Waals surface area contributed by atoms with Crippen molar-refractivity contribution in [2.24, 2.45) is 0 Å². The van der Waals surface area contributed by atoms with Crippen molar-refractivity contribution in [3.63, 3.8) is 0 Å². The molecule has 68 valence electrons. The van der Waals surface area contributed by atoms with Crippen LogP contribution in [0.4, 0.5) is 0 Å². The highest BCUT2D eigenvalue weighted by molar-refractivity contribution is 6.34. The Balaban J connectivity index is 3.18. The minimum Gasteiger partial charge on any atom is -0.339 e. The van der Waals surface area contributed by atoms with Gasteiger partial charge in [-0.3, -0.25) is 0 Å². The lowest BCUT2D eigenvalue weighted by Crippen LogP contribution is -1.85. The van der Waals surface area contributed by atoms with Crippen molar-refractivity contribution in [2.75, 3.05) is 0 Å². The molecule has 0 saturated heterocycles. The van der Waals surface area contributed by atoms with Gasteiger partial charge in [-0.2, -0.15) is 4.98 Å². The van der Waals surface area contributed by atoms with Gasteiger partial charge in [-0.25, -0.2) is 0 Å². The zero-order valence-corrected chi connectivity index (χ0v) is 8.01. The van der Waals surface area contributed by atoms with E-state index in [9.17, 15) is 0 Å². The maximum Gasteiger partial charge on any atom is 0.223 e. The summed E-state index contributed by atoms with van der Waals surface area (Å²) in [5, 5.41) is 4.16. The van der Waals surface area contributed by atoms with E-state index in [0.717, 1.165) is 0 Å². The Morgan fingerprint density at radius 1 is 1.46 bits per heavy atom. The van der Waals surface area contributed by atoms with Crippen molar-refractivity contribution >= 4 is 17.2 Å². The summed E-state index contributed by atoms with van der Waals surface area (Å²) in [5.74, 6) is 0.917. The van der Waals surface area contributed by atoms with Gasteiger partial charge in [-0.15, -0.1) is 0 Å². The fraction of sp³-hybridized carbons (Fsp3) is 0.111. The Hall–Kier alpha value is -1.35. The first-order valence-electron chi connectivity index (χ1n) is 3.64. The number of nitrogens with zero attached hydrogens (tertiary/aromatic N) is 2. The number of aryl methyl sites for hydroxylation is 1. The lowest BCUT2D eigenvalue weighted by Gasteiger charge is -1.94. The van der Waals surface area contributed by atoms with Gasteiger partial charge in [0.2, 0.25) is 11.7 Å². The summed E-state index contributed by atoms with van der Waals surface area (Å²) in [5.41, 5.74) is 0.619. The molecule has 3 nitrogen and oxygen atoms in total. The van der Waals surface area contributed by atoms with Crippen LogP contribution in [-0.2, 0) is 0 Å². The molecule has 1 rings (SSSR count). The Kier molecular flexibility index (Phi) is 3.03. The van der Waals surface area contributed by atoms with Gasteiger partial charge < -0.3 is 4.52 Å². The average Bonchev–Trinajstić information content (AvgIpc) is 2.53. The van der Waals surface area contributed by atoms with E-state index in [-0.39, 0.29) is 0 Å². The van der Waals surface area contributed by atoms with Crippen LogP contribution in [0.2, 0.25) is 0 Å². The summed E-state index contributed by atoms with van der Waals surface area (Å²) in [6, 6.07) is 0. The van der Waals surface area contributed by atoms with E-state index in [1.54, 1.807) is 13.0 Å². The highest BCUT2D eigenvalue weighted by Crippen LogP contribution is 2.20. The fourth-order valence-electron chi connectivity index (χ4n) is 0.814. The second-order valence-corrected chi connectivity index (χ2v) is 2.71. The number of allylic oxidation sites excluding steroid dienone is 4. The van der Waals surface area contributed by atoms with E-state index >= 15 is 0 Å². The molecule has 0 aromatic carbocycles. The highest BCUT2D eigenvalue weighted by Gasteiger charge is 2.08. The van der Waals surface area contributed by atoms with Crippen molar-refractivity contribution < 1.29 is 4.52 Å². The summed E-state index contributed by atoms with van der Waals surface area (Å²) in [4.78, 5) is 4.01. The van der Waals surface area contributed by atoms with Crippen molar-refractivity contribution in [1.29, 1.82) is 0 Å². The van der Waals surface area contributed by atoms with Crippen molar-refractivity contribution in [3.05, 3.63) is 42.1 Å². The number of halogens is 1. The second kappa shape index (κ2) is 4.05. The minimum atomic E-state index is 0.428. The van der Waals surface area contributed by atoms with E-state index in [2.05, 4.69) is 23.3 Å². The van der Waals surface area contributed by atoms with Gasteiger partial charge >= 0.3 is 0 Å². The molecule has 0 aliphatic carbocycles. The minimum absolute atomic E-state index is 0.428. The standard InChI is InChI=1S/C9H9ClN2O/c1-4-7(8(10)5-2)9-11-6(3)13-12-9/h4-5H,1-2H2,3H3. The highest BCUT2D eigenvalue weighted by atomic mass is 35.5. The molecule has 0 spiro atoms. The summed E-state index contributed by atoms with van der Waals surface area (Å²) in [6.07, 6.45) is 3.07. The maximum absolute atomic E-state index is 5.84. The maximum atomic E-state index is 5.84. The molecule has 0 amide bonds. The molecule has 0 radical (unpaired) electrons. The van der Waals surface area contributed by atoms with Crippen LogP contribution in [0.1, 0.15) is 11.7 Å². The zero-order chi connectivity index (χ0) is 9.84. The molecule has 4 heteroatoms. The first kappa shape index (κ1) is 9.74. The van der Waals surface area contributed by atoms with Gasteiger partial charge in [-0.05, 0) is 6.08 Å². The Morgan fingerprint density at radius 3 is 2.54 bits per heavy atom. The van der Waals surface area contributed by atoms with E-state index in [4.69, 9.17) is 16.1 Å². The van der Waals surface area contributed by atoms with Gasteiger partial charge in [0.15, 0.2) is 0 Å². The molecule has 1 heterocycles. The van der Waals surface area contributed by atoms with Crippen LogP contribution in [0, 0.1) is 6.92 Å². The largest absolute Gasteiger partial charge is 0.339 e. The molecule has 1 aromatic rings. The van der Waals surface area contributed by atoms with Gasteiger partial charge in [0.05, 0.1) is 5.03 Å². The normalized spacial score (nSPS) is 12.2. The molecular formula is C9H9ClN2O. The second-order valence-electron chi connectivity index (χ2n) is 2.31. The van der Waals surface area contributed by atoms with Gasteiger partial charge in [0.1, 0.15) is 0 Å². The number of aromatic nitrogens is 2. The van der Waals surface area contributed by atoms with Gasteiger partial charge in [0.25, 0.3) is 0 Å². The van der Waals surface area contributed by atoms with Gasteiger partial charge in [0, 0.05) is 12.5 Å². The number of rotatable bonds is 3. The first-order valence-corrected chi connectivity index (χ1v) is 4.02. The predicted octanol–water partition coefficient (Wildman–Crippen LogP) is 2.70. The molecule has 0 atom stereocenters. The third-order valence-corrected chi connectivity index (χ3v) is 1.77. The third-order valence-electron chi connectivity index (χ3n) is 1.41. The van der Waals surface area contributed by atoms with E-state index < -0.39 is 0 Å². The molecule has 0 saturated carbocycles. The Bertz CT molecular complexity index is 365.